The molecule has 0 heterocycles. The molecule has 124 valence electrons. The number of carbonyl (C=O) groups is 4. The number of hydrogen-bond donors (Lipinski definition) is 1. The summed E-state index contributed by atoms with van der Waals surface area (Å²) < 4.78 is 31.4. The Hall–Kier alpha value is -2.39. The number of anilines is 1. The van der Waals surface area contributed by atoms with Gasteiger partial charge in [-0.25, -0.2) is 4.90 Å². The lowest BCUT2D eigenvalue weighted by atomic mass is 10.2. The Balaban J connectivity index is 3.34. The summed E-state index contributed by atoms with van der Waals surface area (Å²) in [7, 11) is -4.54. The molecule has 0 saturated heterocycles. The molecule has 0 fully saturated rings. The van der Waals surface area contributed by atoms with Crippen LogP contribution in [0.25, 0.3) is 0 Å². The number of rotatable bonds is 6. The van der Waals surface area contributed by atoms with Crippen LogP contribution in [-0.4, -0.2) is 36.4 Å². The fraction of sp³-hybridized carbons (Fsp3) is 0.286. The van der Waals surface area contributed by atoms with Crippen molar-refractivity contribution in [1.82, 2.24) is 0 Å². The fourth-order valence-electron chi connectivity index (χ4n) is 1.79. The maximum Gasteiger partial charge on any atom is 0.294 e. The molecule has 0 radical (unpaired) electrons. The third-order valence-corrected chi connectivity index (χ3v) is 3.52. The minimum Gasteiger partial charge on any atom is -0.299 e. The predicted octanol–water partition coefficient (Wildman–Crippen LogP) is 0.751. The first-order valence-corrected chi connectivity index (χ1v) is 7.88. The first kappa shape index (κ1) is 18.7. The van der Waals surface area contributed by atoms with Crippen molar-refractivity contribution < 1.29 is 32.1 Å². The monoisotopic (exact) mass is 341 g/mol. The van der Waals surface area contributed by atoms with Gasteiger partial charge in [-0.15, -0.1) is 0 Å². The molecule has 1 aromatic rings. The number of hydrogen-bond acceptors (Lipinski definition) is 6. The normalized spacial score (nSPS) is 10.9. The van der Waals surface area contributed by atoms with Crippen LogP contribution in [0.1, 0.15) is 26.7 Å². The van der Waals surface area contributed by atoms with E-state index in [1.807, 2.05) is 0 Å². The SMILES string of the molecule is CC(=O)CC(=O)N(C(=O)CC(C)=O)c1cccc(S(=O)(=O)O)c1. The summed E-state index contributed by atoms with van der Waals surface area (Å²) in [5, 5.41) is 0. The number of nitrogens with zero attached hydrogens (tertiary/aromatic N) is 1. The highest BCUT2D eigenvalue weighted by atomic mass is 32.2. The van der Waals surface area contributed by atoms with Crippen LogP contribution in [0.2, 0.25) is 0 Å². The molecule has 1 rings (SSSR count). The van der Waals surface area contributed by atoms with Crippen LogP contribution in [0.5, 0.6) is 0 Å². The zero-order valence-corrected chi connectivity index (χ0v) is 13.3. The van der Waals surface area contributed by atoms with Crippen LogP contribution in [0.15, 0.2) is 29.2 Å². The first-order valence-electron chi connectivity index (χ1n) is 6.44. The summed E-state index contributed by atoms with van der Waals surface area (Å²) in [4.78, 5) is 46.4. The Bertz CT molecular complexity index is 739. The maximum absolute atomic E-state index is 12.1. The Kier molecular flexibility index (Phi) is 5.88. The van der Waals surface area contributed by atoms with Gasteiger partial charge in [0.25, 0.3) is 10.1 Å². The van der Waals surface area contributed by atoms with Crippen molar-refractivity contribution in [1.29, 1.82) is 0 Å². The van der Waals surface area contributed by atoms with Gasteiger partial charge in [0.1, 0.15) is 11.6 Å². The molecule has 1 N–H and O–H groups in total. The smallest absolute Gasteiger partial charge is 0.294 e. The summed E-state index contributed by atoms with van der Waals surface area (Å²) >= 11 is 0. The van der Waals surface area contributed by atoms with Gasteiger partial charge in [0, 0.05) is 0 Å². The van der Waals surface area contributed by atoms with Gasteiger partial charge in [0.2, 0.25) is 11.8 Å². The zero-order chi connectivity index (χ0) is 17.8. The topological polar surface area (TPSA) is 126 Å². The average Bonchev–Trinajstić information content (AvgIpc) is 2.36. The maximum atomic E-state index is 12.1. The molecule has 0 saturated carbocycles. The van der Waals surface area contributed by atoms with Gasteiger partial charge in [-0.2, -0.15) is 8.42 Å². The van der Waals surface area contributed by atoms with Gasteiger partial charge in [-0.05, 0) is 32.0 Å². The zero-order valence-electron chi connectivity index (χ0n) is 12.5. The molecule has 0 aliphatic heterocycles. The average molecular weight is 341 g/mol. The van der Waals surface area contributed by atoms with Gasteiger partial charge in [-0.3, -0.25) is 23.7 Å². The molecule has 0 unspecified atom stereocenters. The van der Waals surface area contributed by atoms with E-state index in [2.05, 4.69) is 0 Å². The lowest BCUT2D eigenvalue weighted by molar-refractivity contribution is -0.130. The number of carbonyl (C=O) groups excluding carboxylic acids is 4. The Morgan fingerprint density at radius 1 is 1.00 bits per heavy atom. The highest BCUT2D eigenvalue weighted by Crippen LogP contribution is 2.21. The van der Waals surface area contributed by atoms with E-state index in [9.17, 15) is 27.6 Å². The van der Waals surface area contributed by atoms with Crippen LogP contribution in [0.4, 0.5) is 5.69 Å². The van der Waals surface area contributed by atoms with Crippen molar-refractivity contribution in [2.75, 3.05) is 4.90 Å². The Labute approximate surface area is 132 Å². The molecule has 8 nitrogen and oxygen atoms in total. The van der Waals surface area contributed by atoms with Crippen LogP contribution >= 0.6 is 0 Å². The number of benzene rings is 1. The molecule has 9 heteroatoms. The van der Waals surface area contributed by atoms with Crippen LogP contribution in [0.3, 0.4) is 0 Å². The molecule has 0 bridgehead atoms. The van der Waals surface area contributed by atoms with E-state index in [-0.39, 0.29) is 5.69 Å². The molecule has 2 amide bonds. The molecule has 0 aromatic heterocycles. The van der Waals surface area contributed by atoms with Gasteiger partial charge >= 0.3 is 0 Å². The van der Waals surface area contributed by atoms with Crippen molar-refractivity contribution in [2.24, 2.45) is 0 Å². The van der Waals surface area contributed by atoms with Crippen molar-refractivity contribution in [2.45, 2.75) is 31.6 Å². The largest absolute Gasteiger partial charge is 0.299 e. The summed E-state index contributed by atoms with van der Waals surface area (Å²) in [6, 6.07) is 4.45. The van der Waals surface area contributed by atoms with E-state index in [1.54, 1.807) is 0 Å². The number of amides is 2. The van der Waals surface area contributed by atoms with Crippen molar-refractivity contribution in [3.05, 3.63) is 24.3 Å². The van der Waals surface area contributed by atoms with Crippen molar-refractivity contribution in [3.8, 4) is 0 Å². The van der Waals surface area contributed by atoms with Gasteiger partial charge < -0.3 is 0 Å². The minimum absolute atomic E-state index is 0.155. The van der Waals surface area contributed by atoms with Crippen molar-refractivity contribution in [3.63, 3.8) is 0 Å². The fourth-order valence-corrected chi connectivity index (χ4v) is 2.31. The summed E-state index contributed by atoms with van der Waals surface area (Å²) in [5.41, 5.74) is -0.155. The first-order chi connectivity index (χ1) is 10.5. The minimum atomic E-state index is -4.54. The summed E-state index contributed by atoms with van der Waals surface area (Å²) in [6.07, 6.45) is -1.17. The number of ketones is 2. The van der Waals surface area contributed by atoms with Gasteiger partial charge in [0.05, 0.1) is 23.4 Å². The number of imide groups is 1. The molecule has 23 heavy (non-hydrogen) atoms. The van der Waals surface area contributed by atoms with E-state index in [4.69, 9.17) is 4.55 Å². The van der Waals surface area contributed by atoms with Crippen LogP contribution in [-0.2, 0) is 29.3 Å². The van der Waals surface area contributed by atoms with E-state index < -0.39 is 51.2 Å². The third kappa shape index (κ3) is 5.38. The lowest BCUT2D eigenvalue weighted by Crippen LogP contribution is -2.38. The van der Waals surface area contributed by atoms with E-state index >= 15 is 0 Å². The van der Waals surface area contributed by atoms with E-state index in [0.29, 0.717) is 4.90 Å². The van der Waals surface area contributed by atoms with Gasteiger partial charge in [0.15, 0.2) is 0 Å². The molecule has 0 aliphatic carbocycles. The quantitative estimate of drug-likeness (QED) is 0.597. The molecule has 1 aromatic carbocycles. The van der Waals surface area contributed by atoms with Crippen molar-refractivity contribution >= 4 is 39.2 Å². The second-order valence-corrected chi connectivity index (χ2v) is 6.27. The summed E-state index contributed by atoms with van der Waals surface area (Å²) in [5.74, 6) is -2.78. The van der Waals surface area contributed by atoms with Crippen LogP contribution in [0, 0.1) is 0 Å². The predicted molar refractivity (Wildman–Crippen MR) is 79.3 cm³/mol. The van der Waals surface area contributed by atoms with Crippen LogP contribution < -0.4 is 4.90 Å². The second-order valence-electron chi connectivity index (χ2n) is 4.85. The molecule has 0 spiro atoms. The standard InChI is InChI=1S/C14H15NO7S/c1-9(16)6-13(18)15(14(19)7-10(2)17)11-4-3-5-12(8-11)23(20,21)22/h3-5,8H,6-7H2,1-2H3,(H,20,21,22). The Morgan fingerprint density at radius 2 is 1.48 bits per heavy atom. The molecular formula is C14H15NO7S. The highest BCUT2D eigenvalue weighted by molar-refractivity contribution is 7.85. The molecule has 0 atom stereocenters. The lowest BCUT2D eigenvalue weighted by Gasteiger charge is -2.20. The number of Topliss-reactive ketones (excluding diaryl/α,β-unsaturated/α-hetero) is 2. The summed E-state index contributed by atoms with van der Waals surface area (Å²) in [6.45, 7) is 2.31. The Morgan fingerprint density at radius 3 is 1.87 bits per heavy atom. The van der Waals surface area contributed by atoms with E-state index in [1.165, 1.54) is 12.1 Å². The highest BCUT2D eigenvalue weighted by Gasteiger charge is 2.26. The molecular weight excluding hydrogens is 326 g/mol. The van der Waals surface area contributed by atoms with Gasteiger partial charge in [-0.1, -0.05) is 6.07 Å². The third-order valence-electron chi connectivity index (χ3n) is 2.67. The molecule has 0 aliphatic rings. The second kappa shape index (κ2) is 7.25. The van der Waals surface area contributed by atoms with E-state index in [0.717, 1.165) is 26.0 Å².